The van der Waals surface area contributed by atoms with E-state index < -0.39 is 0 Å². The number of ketones is 1. The van der Waals surface area contributed by atoms with E-state index in [1.165, 1.54) is 6.92 Å². The monoisotopic (exact) mass is 273 g/mol. The summed E-state index contributed by atoms with van der Waals surface area (Å²) in [4.78, 5) is 11.6. The number of hydrogen-bond donors (Lipinski definition) is 1. The van der Waals surface area contributed by atoms with Crippen molar-refractivity contribution in [3.8, 4) is 5.75 Å². The van der Waals surface area contributed by atoms with Gasteiger partial charge in [0.15, 0.2) is 5.78 Å². The number of hydrogen-bond acceptors (Lipinski definition) is 3. The molecule has 1 aromatic rings. The average molecular weight is 274 g/mol. The van der Waals surface area contributed by atoms with Crippen LogP contribution in [0.3, 0.4) is 0 Å². The van der Waals surface area contributed by atoms with E-state index in [-0.39, 0.29) is 11.7 Å². The van der Waals surface area contributed by atoms with Crippen molar-refractivity contribution in [1.82, 2.24) is 5.32 Å². The molecule has 0 radical (unpaired) electrons. The van der Waals surface area contributed by atoms with Crippen molar-refractivity contribution in [2.75, 3.05) is 20.2 Å². The van der Waals surface area contributed by atoms with Crippen LogP contribution in [0.2, 0.25) is 10.0 Å². The summed E-state index contributed by atoms with van der Waals surface area (Å²) in [5.74, 6) is 0.738. The zero-order valence-corrected chi connectivity index (χ0v) is 11.2. The second-order valence-corrected chi connectivity index (χ2v) is 4.86. The van der Waals surface area contributed by atoms with Gasteiger partial charge in [-0.1, -0.05) is 23.2 Å². The molecule has 3 nitrogen and oxygen atoms in total. The highest BCUT2D eigenvalue weighted by atomic mass is 35.5. The number of halogens is 2. The fourth-order valence-corrected chi connectivity index (χ4v) is 2.47. The third-order valence-electron chi connectivity index (χ3n) is 2.98. The molecule has 0 spiro atoms. The van der Waals surface area contributed by atoms with Gasteiger partial charge in [-0.15, -0.1) is 0 Å². The first-order chi connectivity index (χ1) is 8.06. The summed E-state index contributed by atoms with van der Waals surface area (Å²) in [6.07, 6.45) is 0. The first-order valence-corrected chi connectivity index (χ1v) is 6.09. The molecule has 0 saturated carbocycles. The maximum Gasteiger partial charge on any atom is 0.163 e. The molecule has 1 saturated heterocycles. The highest BCUT2D eigenvalue weighted by molar-refractivity contribution is 6.43. The standard InChI is InChI=1S/C12H13Cl2NO2/c1-6(16)8-3-9(13)11(14)10(12(8)17-2)7-4-15-5-7/h3,7,15H,4-5H2,1-2H3. The number of ether oxygens (including phenoxy) is 1. The summed E-state index contributed by atoms with van der Waals surface area (Å²) < 4.78 is 5.34. The van der Waals surface area contributed by atoms with Crippen LogP contribution in [-0.2, 0) is 0 Å². The van der Waals surface area contributed by atoms with Crippen LogP contribution in [0.25, 0.3) is 0 Å². The van der Waals surface area contributed by atoms with Crippen molar-refractivity contribution in [3.05, 3.63) is 27.2 Å². The Morgan fingerprint density at radius 1 is 1.47 bits per heavy atom. The number of nitrogens with one attached hydrogen (secondary N) is 1. The van der Waals surface area contributed by atoms with Gasteiger partial charge in [0.25, 0.3) is 0 Å². The van der Waals surface area contributed by atoms with Crippen LogP contribution in [-0.4, -0.2) is 26.0 Å². The lowest BCUT2D eigenvalue weighted by atomic mass is 9.90. The van der Waals surface area contributed by atoms with Crippen molar-refractivity contribution in [1.29, 1.82) is 0 Å². The molecule has 0 amide bonds. The van der Waals surface area contributed by atoms with Crippen LogP contribution in [0.5, 0.6) is 5.75 Å². The van der Waals surface area contributed by atoms with Crippen LogP contribution in [0.4, 0.5) is 0 Å². The van der Waals surface area contributed by atoms with Gasteiger partial charge >= 0.3 is 0 Å². The van der Waals surface area contributed by atoms with Gasteiger partial charge in [-0.2, -0.15) is 0 Å². The van der Waals surface area contributed by atoms with E-state index in [9.17, 15) is 4.79 Å². The van der Waals surface area contributed by atoms with Crippen LogP contribution < -0.4 is 10.1 Å². The fraction of sp³-hybridized carbons (Fsp3) is 0.417. The molecule has 5 heteroatoms. The van der Waals surface area contributed by atoms with E-state index in [0.717, 1.165) is 18.7 Å². The van der Waals surface area contributed by atoms with Gasteiger partial charge < -0.3 is 10.1 Å². The molecule has 0 unspecified atom stereocenters. The Kier molecular flexibility index (Phi) is 3.61. The van der Waals surface area contributed by atoms with Crippen molar-refractivity contribution in [3.63, 3.8) is 0 Å². The van der Waals surface area contributed by atoms with Crippen LogP contribution in [0, 0.1) is 0 Å². The van der Waals surface area contributed by atoms with E-state index >= 15 is 0 Å². The zero-order valence-electron chi connectivity index (χ0n) is 9.64. The lowest BCUT2D eigenvalue weighted by Crippen LogP contribution is -2.40. The molecule has 1 aliphatic rings. The van der Waals surface area contributed by atoms with Crippen molar-refractivity contribution in [2.24, 2.45) is 0 Å². The predicted molar refractivity (Wildman–Crippen MR) is 68.6 cm³/mol. The summed E-state index contributed by atoms with van der Waals surface area (Å²) >= 11 is 12.3. The zero-order chi connectivity index (χ0) is 12.6. The van der Waals surface area contributed by atoms with Gasteiger partial charge in [0.05, 0.1) is 22.7 Å². The minimum Gasteiger partial charge on any atom is -0.496 e. The summed E-state index contributed by atoms with van der Waals surface area (Å²) in [5, 5.41) is 4.05. The van der Waals surface area contributed by atoms with Crippen LogP contribution in [0.15, 0.2) is 6.07 Å². The number of methoxy groups -OCH3 is 1. The highest BCUT2D eigenvalue weighted by Gasteiger charge is 2.29. The summed E-state index contributed by atoms with van der Waals surface area (Å²) in [6, 6.07) is 1.57. The molecule has 0 aromatic heterocycles. The molecule has 0 bridgehead atoms. The topological polar surface area (TPSA) is 38.3 Å². The Labute approximate surface area is 110 Å². The quantitative estimate of drug-likeness (QED) is 0.861. The maximum atomic E-state index is 11.6. The SMILES string of the molecule is COc1c(C(C)=O)cc(Cl)c(Cl)c1C1CNC1. The Morgan fingerprint density at radius 3 is 2.53 bits per heavy atom. The molecular weight excluding hydrogens is 261 g/mol. The first kappa shape index (κ1) is 12.7. The smallest absolute Gasteiger partial charge is 0.163 e. The predicted octanol–water partition coefficient (Wildman–Crippen LogP) is 2.89. The molecule has 17 heavy (non-hydrogen) atoms. The molecule has 1 aromatic carbocycles. The van der Waals surface area contributed by atoms with E-state index in [0.29, 0.717) is 21.4 Å². The molecule has 0 aliphatic carbocycles. The molecule has 2 rings (SSSR count). The summed E-state index contributed by atoms with van der Waals surface area (Å²) in [6.45, 7) is 3.15. The Morgan fingerprint density at radius 2 is 2.12 bits per heavy atom. The molecule has 1 aliphatic heterocycles. The molecular formula is C12H13Cl2NO2. The third kappa shape index (κ3) is 2.15. The Balaban J connectivity index is 2.64. The van der Waals surface area contributed by atoms with E-state index in [4.69, 9.17) is 27.9 Å². The van der Waals surface area contributed by atoms with Gasteiger partial charge in [0.1, 0.15) is 5.75 Å². The molecule has 1 fully saturated rings. The maximum absolute atomic E-state index is 11.6. The van der Waals surface area contributed by atoms with Gasteiger partial charge in [-0.25, -0.2) is 0 Å². The van der Waals surface area contributed by atoms with Gasteiger partial charge in [-0.3, -0.25) is 4.79 Å². The number of rotatable bonds is 3. The van der Waals surface area contributed by atoms with E-state index in [1.807, 2.05) is 0 Å². The van der Waals surface area contributed by atoms with E-state index in [1.54, 1.807) is 13.2 Å². The van der Waals surface area contributed by atoms with Crippen molar-refractivity contribution < 1.29 is 9.53 Å². The third-order valence-corrected chi connectivity index (χ3v) is 3.78. The molecule has 92 valence electrons. The number of carbonyl (C=O) groups is 1. The number of Topliss-reactive ketones (excluding diaryl/α,β-unsaturated/α-hetero) is 1. The molecule has 1 heterocycles. The van der Waals surface area contributed by atoms with Gasteiger partial charge in [0, 0.05) is 24.6 Å². The van der Waals surface area contributed by atoms with E-state index in [2.05, 4.69) is 5.32 Å². The van der Waals surface area contributed by atoms with Crippen LogP contribution in [0.1, 0.15) is 28.8 Å². The van der Waals surface area contributed by atoms with Gasteiger partial charge in [0.2, 0.25) is 0 Å². The molecule has 0 atom stereocenters. The van der Waals surface area contributed by atoms with Crippen molar-refractivity contribution >= 4 is 29.0 Å². The summed E-state index contributed by atoms with van der Waals surface area (Å²) in [7, 11) is 1.54. The fourth-order valence-electron chi connectivity index (χ4n) is 1.97. The second-order valence-electron chi connectivity index (χ2n) is 4.08. The molecule has 1 N–H and O–H groups in total. The highest BCUT2D eigenvalue weighted by Crippen LogP contribution is 2.42. The Bertz CT molecular complexity index is 470. The lowest BCUT2D eigenvalue weighted by molar-refractivity contribution is 0.101. The Hall–Kier alpha value is -0.770. The minimum absolute atomic E-state index is 0.0750. The van der Waals surface area contributed by atoms with Crippen LogP contribution >= 0.6 is 23.2 Å². The van der Waals surface area contributed by atoms with Crippen molar-refractivity contribution in [2.45, 2.75) is 12.8 Å². The average Bonchev–Trinajstić information content (AvgIpc) is 2.21. The minimum atomic E-state index is -0.0750. The number of benzene rings is 1. The second kappa shape index (κ2) is 4.84. The van der Waals surface area contributed by atoms with Gasteiger partial charge in [-0.05, 0) is 13.0 Å². The first-order valence-electron chi connectivity index (χ1n) is 5.33. The summed E-state index contributed by atoms with van der Waals surface area (Å²) in [5.41, 5.74) is 1.33. The lowest BCUT2D eigenvalue weighted by Gasteiger charge is -2.30. The normalized spacial score (nSPS) is 15.5. The largest absolute Gasteiger partial charge is 0.496 e. The number of carbonyl (C=O) groups excluding carboxylic acids is 1.